The molecular formula is C24H23NO. The van der Waals surface area contributed by atoms with E-state index >= 15 is 0 Å². The normalized spacial score (nSPS) is 16.4. The van der Waals surface area contributed by atoms with Gasteiger partial charge in [-0.15, -0.1) is 0 Å². The molecule has 1 aliphatic rings. The van der Waals surface area contributed by atoms with Gasteiger partial charge in [-0.25, -0.2) is 0 Å². The average Bonchev–Trinajstić information content (AvgIpc) is 2.72. The van der Waals surface area contributed by atoms with E-state index in [4.69, 9.17) is 4.74 Å². The predicted octanol–water partition coefficient (Wildman–Crippen LogP) is 4.99. The van der Waals surface area contributed by atoms with Gasteiger partial charge in [-0.2, -0.15) is 0 Å². The fraction of sp³-hybridized carbons (Fsp3) is 0.167. The molecule has 0 saturated carbocycles. The number of hydrogen-bond acceptors (Lipinski definition) is 2. The third-order valence-electron chi connectivity index (χ3n) is 4.74. The molecule has 0 aliphatic carbocycles. The van der Waals surface area contributed by atoms with Crippen molar-refractivity contribution in [1.29, 1.82) is 0 Å². The van der Waals surface area contributed by atoms with Crippen LogP contribution in [0.25, 0.3) is 6.08 Å². The molecule has 0 aromatic heterocycles. The van der Waals surface area contributed by atoms with Gasteiger partial charge >= 0.3 is 0 Å². The van der Waals surface area contributed by atoms with Gasteiger partial charge in [0.25, 0.3) is 0 Å². The molecule has 0 spiro atoms. The van der Waals surface area contributed by atoms with E-state index in [1.54, 1.807) is 0 Å². The SMILES string of the molecule is C(=C\[C@@H]1Cc2ccccc2CN1)/c1cccc(OCc2ccccc2)c1. The van der Waals surface area contributed by atoms with Gasteiger partial charge in [0.05, 0.1) is 0 Å². The molecule has 3 aromatic rings. The van der Waals surface area contributed by atoms with E-state index in [9.17, 15) is 0 Å². The van der Waals surface area contributed by atoms with Crippen LogP contribution in [0.1, 0.15) is 22.3 Å². The third-order valence-corrected chi connectivity index (χ3v) is 4.74. The molecule has 2 heteroatoms. The van der Waals surface area contributed by atoms with Crippen LogP contribution in [0.4, 0.5) is 0 Å². The fourth-order valence-electron chi connectivity index (χ4n) is 3.29. The topological polar surface area (TPSA) is 21.3 Å². The Morgan fingerprint density at radius 3 is 2.58 bits per heavy atom. The molecule has 3 aromatic carbocycles. The van der Waals surface area contributed by atoms with Crippen molar-refractivity contribution in [2.24, 2.45) is 0 Å². The van der Waals surface area contributed by atoms with Gasteiger partial charge in [-0.3, -0.25) is 0 Å². The molecule has 0 unspecified atom stereocenters. The van der Waals surface area contributed by atoms with E-state index in [0.29, 0.717) is 12.6 Å². The lowest BCUT2D eigenvalue weighted by Gasteiger charge is -2.23. The average molecular weight is 341 g/mol. The van der Waals surface area contributed by atoms with Gasteiger partial charge in [-0.05, 0) is 40.8 Å². The van der Waals surface area contributed by atoms with Crippen LogP contribution in [0.5, 0.6) is 5.75 Å². The first kappa shape index (κ1) is 16.6. The van der Waals surface area contributed by atoms with Crippen molar-refractivity contribution in [1.82, 2.24) is 5.32 Å². The molecule has 0 bridgehead atoms. The summed E-state index contributed by atoms with van der Waals surface area (Å²) in [5, 5.41) is 3.59. The minimum absolute atomic E-state index is 0.374. The highest BCUT2D eigenvalue weighted by Gasteiger charge is 2.14. The maximum atomic E-state index is 5.92. The van der Waals surface area contributed by atoms with Gasteiger partial charge in [0.15, 0.2) is 0 Å². The number of ether oxygens (including phenoxy) is 1. The zero-order valence-electron chi connectivity index (χ0n) is 14.8. The van der Waals surface area contributed by atoms with E-state index in [-0.39, 0.29) is 0 Å². The highest BCUT2D eigenvalue weighted by Crippen LogP contribution is 2.19. The first-order valence-corrected chi connectivity index (χ1v) is 9.12. The summed E-state index contributed by atoms with van der Waals surface area (Å²) in [7, 11) is 0. The molecule has 1 N–H and O–H groups in total. The lowest BCUT2D eigenvalue weighted by atomic mass is 9.95. The van der Waals surface area contributed by atoms with Crippen molar-refractivity contribution in [3.05, 3.63) is 107 Å². The van der Waals surface area contributed by atoms with Gasteiger partial charge in [-0.1, -0.05) is 78.9 Å². The Bertz CT molecular complexity index is 885. The van der Waals surface area contributed by atoms with Gasteiger partial charge in [0, 0.05) is 12.6 Å². The number of fused-ring (bicyclic) bond motifs is 1. The number of rotatable bonds is 5. The smallest absolute Gasteiger partial charge is 0.120 e. The van der Waals surface area contributed by atoms with Crippen LogP contribution in [-0.2, 0) is 19.6 Å². The zero-order chi connectivity index (χ0) is 17.6. The van der Waals surface area contributed by atoms with Crippen LogP contribution in [-0.4, -0.2) is 6.04 Å². The van der Waals surface area contributed by atoms with E-state index < -0.39 is 0 Å². The molecule has 0 saturated heterocycles. The van der Waals surface area contributed by atoms with Crippen LogP contribution in [0.3, 0.4) is 0 Å². The quantitative estimate of drug-likeness (QED) is 0.705. The molecule has 130 valence electrons. The first-order chi connectivity index (χ1) is 12.9. The summed E-state index contributed by atoms with van der Waals surface area (Å²) in [5.41, 5.74) is 5.20. The lowest BCUT2D eigenvalue weighted by Crippen LogP contribution is -2.33. The Morgan fingerprint density at radius 1 is 0.885 bits per heavy atom. The zero-order valence-corrected chi connectivity index (χ0v) is 14.8. The minimum atomic E-state index is 0.374. The molecule has 1 aliphatic heterocycles. The number of benzene rings is 3. The van der Waals surface area contributed by atoms with Crippen LogP contribution in [0.15, 0.2) is 84.9 Å². The monoisotopic (exact) mass is 341 g/mol. The first-order valence-electron chi connectivity index (χ1n) is 9.12. The maximum Gasteiger partial charge on any atom is 0.120 e. The molecule has 0 amide bonds. The van der Waals surface area contributed by atoms with Crippen LogP contribution in [0, 0.1) is 0 Å². The van der Waals surface area contributed by atoms with Crippen LogP contribution < -0.4 is 10.1 Å². The van der Waals surface area contributed by atoms with Crippen molar-refractivity contribution < 1.29 is 4.74 Å². The Labute approximate surface area is 155 Å². The fourth-order valence-corrected chi connectivity index (χ4v) is 3.29. The molecule has 1 atom stereocenters. The molecule has 0 radical (unpaired) electrons. The van der Waals surface area contributed by atoms with E-state index in [2.05, 4.69) is 66.0 Å². The van der Waals surface area contributed by atoms with E-state index in [0.717, 1.165) is 24.3 Å². The Hall–Kier alpha value is -2.84. The van der Waals surface area contributed by atoms with Gasteiger partial charge in [0.1, 0.15) is 12.4 Å². The summed E-state index contributed by atoms with van der Waals surface area (Å²) >= 11 is 0. The Morgan fingerprint density at radius 2 is 1.69 bits per heavy atom. The summed E-state index contributed by atoms with van der Waals surface area (Å²) < 4.78 is 5.92. The largest absolute Gasteiger partial charge is 0.489 e. The predicted molar refractivity (Wildman–Crippen MR) is 107 cm³/mol. The second kappa shape index (κ2) is 8.03. The van der Waals surface area contributed by atoms with Crippen LogP contribution >= 0.6 is 0 Å². The summed E-state index contributed by atoms with van der Waals surface area (Å²) in [5.74, 6) is 0.901. The van der Waals surface area contributed by atoms with Gasteiger partial charge < -0.3 is 10.1 Å². The molecular weight excluding hydrogens is 318 g/mol. The van der Waals surface area contributed by atoms with E-state index in [1.165, 1.54) is 16.7 Å². The highest BCUT2D eigenvalue weighted by atomic mass is 16.5. The maximum absolute atomic E-state index is 5.92. The minimum Gasteiger partial charge on any atom is -0.489 e. The summed E-state index contributed by atoms with van der Waals surface area (Å²) in [6.45, 7) is 1.53. The molecule has 26 heavy (non-hydrogen) atoms. The van der Waals surface area contributed by atoms with Crippen molar-refractivity contribution >= 4 is 6.08 Å². The second-order valence-corrected chi connectivity index (χ2v) is 6.67. The number of nitrogens with one attached hydrogen (secondary N) is 1. The second-order valence-electron chi connectivity index (χ2n) is 6.67. The molecule has 0 fully saturated rings. The molecule has 4 rings (SSSR count). The standard InChI is InChI=1S/C24H23NO/c1-2-7-20(8-3-1)18-26-24-12-6-9-19(15-24)13-14-23-16-21-10-4-5-11-22(21)17-25-23/h1-15,23,25H,16-18H2/b14-13+/t23-/m1/s1. The number of hydrogen-bond donors (Lipinski definition) is 1. The highest BCUT2D eigenvalue weighted by molar-refractivity contribution is 5.52. The lowest BCUT2D eigenvalue weighted by molar-refractivity contribution is 0.306. The van der Waals surface area contributed by atoms with E-state index in [1.807, 2.05) is 30.3 Å². The van der Waals surface area contributed by atoms with Crippen molar-refractivity contribution in [3.63, 3.8) is 0 Å². The summed E-state index contributed by atoms with van der Waals surface area (Å²) in [4.78, 5) is 0. The third kappa shape index (κ3) is 4.22. The van der Waals surface area contributed by atoms with Crippen molar-refractivity contribution in [2.75, 3.05) is 0 Å². The molecule has 1 heterocycles. The van der Waals surface area contributed by atoms with Crippen molar-refractivity contribution in [3.8, 4) is 5.75 Å². The van der Waals surface area contributed by atoms with Gasteiger partial charge in [0.2, 0.25) is 0 Å². The molecule has 2 nitrogen and oxygen atoms in total. The summed E-state index contributed by atoms with van der Waals surface area (Å²) in [6, 6.07) is 27.6. The Kier molecular flexibility index (Phi) is 5.13. The summed E-state index contributed by atoms with van der Waals surface area (Å²) in [6.07, 6.45) is 5.48. The van der Waals surface area contributed by atoms with Crippen LogP contribution in [0.2, 0.25) is 0 Å². The van der Waals surface area contributed by atoms with Crippen molar-refractivity contribution in [2.45, 2.75) is 25.6 Å². The Balaban J connectivity index is 1.38.